The van der Waals surface area contributed by atoms with Gasteiger partial charge in [0.25, 0.3) is 0 Å². The van der Waals surface area contributed by atoms with E-state index in [1.165, 1.54) is 11.3 Å². The molecule has 6 nitrogen and oxygen atoms in total. The largest absolute Gasteiger partial charge is 0.444 e. The van der Waals surface area contributed by atoms with Gasteiger partial charge in [-0.25, -0.2) is 14.8 Å². The SMILES string of the molecule is CC1CCc2ncnc(N3CCN(C(=O)OC(C)(C)C)CC3C)c21. The van der Waals surface area contributed by atoms with Gasteiger partial charge in [-0.3, -0.25) is 0 Å². The van der Waals surface area contributed by atoms with Crippen molar-refractivity contribution >= 4 is 11.9 Å². The first-order chi connectivity index (χ1) is 11.3. The second kappa shape index (κ2) is 6.22. The quantitative estimate of drug-likeness (QED) is 0.791. The molecule has 1 aromatic heterocycles. The number of nitrogens with zero attached hydrogens (tertiary/aromatic N) is 4. The Labute approximate surface area is 144 Å². The first kappa shape index (κ1) is 17.0. The highest BCUT2D eigenvalue weighted by Gasteiger charge is 2.33. The summed E-state index contributed by atoms with van der Waals surface area (Å²) in [5, 5.41) is 0. The Kier molecular flexibility index (Phi) is 4.40. The average Bonchev–Trinajstić information content (AvgIpc) is 2.87. The third-order valence-corrected chi connectivity index (χ3v) is 4.80. The Bertz CT molecular complexity index is 626. The fourth-order valence-corrected chi connectivity index (χ4v) is 3.62. The summed E-state index contributed by atoms with van der Waals surface area (Å²) >= 11 is 0. The Morgan fingerprint density at radius 1 is 1.25 bits per heavy atom. The van der Waals surface area contributed by atoms with Crippen LogP contribution in [0.25, 0.3) is 0 Å². The number of aromatic nitrogens is 2. The number of anilines is 1. The van der Waals surface area contributed by atoms with Gasteiger partial charge in [-0.15, -0.1) is 0 Å². The summed E-state index contributed by atoms with van der Waals surface area (Å²) < 4.78 is 5.50. The van der Waals surface area contributed by atoms with Crippen LogP contribution in [0.1, 0.15) is 58.2 Å². The molecule has 1 aliphatic carbocycles. The van der Waals surface area contributed by atoms with E-state index in [-0.39, 0.29) is 12.1 Å². The van der Waals surface area contributed by atoms with Crippen LogP contribution in [-0.4, -0.2) is 52.2 Å². The number of piperazine rings is 1. The summed E-state index contributed by atoms with van der Waals surface area (Å²) in [5.41, 5.74) is 2.03. The van der Waals surface area contributed by atoms with Gasteiger partial charge >= 0.3 is 6.09 Å². The second-order valence-corrected chi connectivity index (χ2v) is 7.97. The van der Waals surface area contributed by atoms with Crippen molar-refractivity contribution in [1.82, 2.24) is 14.9 Å². The van der Waals surface area contributed by atoms with Gasteiger partial charge in [-0.05, 0) is 46.5 Å². The van der Waals surface area contributed by atoms with Crippen LogP contribution in [0.3, 0.4) is 0 Å². The van der Waals surface area contributed by atoms with E-state index in [2.05, 4.69) is 28.7 Å². The van der Waals surface area contributed by atoms with Crippen molar-refractivity contribution in [3.8, 4) is 0 Å². The lowest BCUT2D eigenvalue weighted by Gasteiger charge is -2.41. The number of carbonyl (C=O) groups excluding carboxylic acids is 1. The predicted molar refractivity (Wildman–Crippen MR) is 93.4 cm³/mol. The Balaban J connectivity index is 1.74. The standard InChI is InChI=1S/C18H28N4O2/c1-12-6-7-14-15(12)16(20-11-19-14)22-9-8-21(10-13(22)2)17(23)24-18(3,4)5/h11-13H,6-10H2,1-5H3. The molecule has 0 N–H and O–H groups in total. The van der Waals surface area contributed by atoms with E-state index in [0.29, 0.717) is 19.0 Å². The molecule has 6 heteroatoms. The molecule has 1 aromatic rings. The van der Waals surface area contributed by atoms with E-state index in [1.54, 1.807) is 11.2 Å². The van der Waals surface area contributed by atoms with Crippen LogP contribution in [-0.2, 0) is 11.2 Å². The number of ether oxygens (including phenoxy) is 1. The lowest BCUT2D eigenvalue weighted by molar-refractivity contribution is 0.0218. The maximum absolute atomic E-state index is 12.3. The molecule has 0 saturated carbocycles. The average molecular weight is 332 g/mol. The molecule has 3 rings (SSSR count). The summed E-state index contributed by atoms with van der Waals surface area (Å²) in [6.07, 6.45) is 3.64. The number of hydrogen-bond donors (Lipinski definition) is 0. The lowest BCUT2D eigenvalue weighted by atomic mass is 10.0. The predicted octanol–water partition coefficient (Wildman–Crippen LogP) is 2.97. The van der Waals surface area contributed by atoms with Crippen molar-refractivity contribution < 1.29 is 9.53 Å². The fourth-order valence-electron chi connectivity index (χ4n) is 3.62. The molecule has 0 aromatic carbocycles. The van der Waals surface area contributed by atoms with E-state index in [4.69, 9.17) is 4.74 Å². The van der Waals surface area contributed by atoms with Gasteiger partial charge in [0.2, 0.25) is 0 Å². The highest BCUT2D eigenvalue weighted by atomic mass is 16.6. The first-order valence-corrected chi connectivity index (χ1v) is 8.84. The van der Waals surface area contributed by atoms with Crippen LogP contribution in [0.15, 0.2) is 6.33 Å². The van der Waals surface area contributed by atoms with Gasteiger partial charge in [0.1, 0.15) is 17.7 Å². The Morgan fingerprint density at radius 2 is 2.00 bits per heavy atom. The van der Waals surface area contributed by atoms with Gasteiger partial charge in [0, 0.05) is 36.9 Å². The summed E-state index contributed by atoms with van der Waals surface area (Å²) in [6.45, 7) is 12.2. The van der Waals surface area contributed by atoms with Crippen molar-refractivity contribution in [3.63, 3.8) is 0 Å². The van der Waals surface area contributed by atoms with Crippen molar-refractivity contribution in [3.05, 3.63) is 17.6 Å². The zero-order valence-corrected chi connectivity index (χ0v) is 15.4. The number of rotatable bonds is 1. The Hall–Kier alpha value is -1.85. The molecule has 0 bridgehead atoms. The van der Waals surface area contributed by atoms with Crippen molar-refractivity contribution in [2.45, 2.75) is 65.0 Å². The molecule has 1 aliphatic heterocycles. The topological polar surface area (TPSA) is 58.6 Å². The van der Waals surface area contributed by atoms with Gasteiger partial charge in [0.15, 0.2) is 0 Å². The van der Waals surface area contributed by atoms with Gasteiger partial charge < -0.3 is 14.5 Å². The molecule has 2 unspecified atom stereocenters. The lowest BCUT2D eigenvalue weighted by Crippen LogP contribution is -2.55. The summed E-state index contributed by atoms with van der Waals surface area (Å²) in [7, 11) is 0. The summed E-state index contributed by atoms with van der Waals surface area (Å²) in [5.74, 6) is 1.56. The molecule has 1 fully saturated rings. The maximum atomic E-state index is 12.3. The van der Waals surface area contributed by atoms with Crippen LogP contribution in [0, 0.1) is 0 Å². The van der Waals surface area contributed by atoms with E-state index in [1.807, 2.05) is 20.8 Å². The van der Waals surface area contributed by atoms with Crippen LogP contribution in [0.4, 0.5) is 10.6 Å². The Morgan fingerprint density at radius 3 is 2.67 bits per heavy atom. The number of aryl methyl sites for hydroxylation is 1. The van der Waals surface area contributed by atoms with Gasteiger partial charge in [0.05, 0.1) is 0 Å². The van der Waals surface area contributed by atoms with E-state index >= 15 is 0 Å². The molecule has 132 valence electrons. The molecule has 1 amide bonds. The third kappa shape index (κ3) is 3.32. The molecule has 2 atom stereocenters. The number of fused-ring (bicyclic) bond motifs is 1. The van der Waals surface area contributed by atoms with Crippen LogP contribution >= 0.6 is 0 Å². The van der Waals surface area contributed by atoms with Crippen molar-refractivity contribution in [1.29, 1.82) is 0 Å². The molecule has 24 heavy (non-hydrogen) atoms. The maximum Gasteiger partial charge on any atom is 0.410 e. The van der Waals surface area contributed by atoms with Crippen molar-refractivity contribution in [2.24, 2.45) is 0 Å². The smallest absolute Gasteiger partial charge is 0.410 e. The molecular formula is C18H28N4O2. The van der Waals surface area contributed by atoms with Gasteiger partial charge in [-0.2, -0.15) is 0 Å². The minimum Gasteiger partial charge on any atom is -0.444 e. The molecular weight excluding hydrogens is 304 g/mol. The monoisotopic (exact) mass is 332 g/mol. The zero-order valence-electron chi connectivity index (χ0n) is 15.4. The zero-order chi connectivity index (χ0) is 17.5. The number of carbonyl (C=O) groups is 1. The summed E-state index contributed by atoms with van der Waals surface area (Å²) in [4.78, 5) is 25.5. The molecule has 1 saturated heterocycles. The molecule has 2 aliphatic rings. The first-order valence-electron chi connectivity index (χ1n) is 8.84. The second-order valence-electron chi connectivity index (χ2n) is 7.97. The van der Waals surface area contributed by atoms with E-state index < -0.39 is 5.60 Å². The van der Waals surface area contributed by atoms with Gasteiger partial charge in [-0.1, -0.05) is 6.92 Å². The third-order valence-electron chi connectivity index (χ3n) is 4.80. The van der Waals surface area contributed by atoms with Crippen LogP contribution in [0.2, 0.25) is 0 Å². The molecule has 0 radical (unpaired) electrons. The van der Waals surface area contributed by atoms with E-state index in [0.717, 1.165) is 25.2 Å². The highest BCUT2D eigenvalue weighted by Crippen LogP contribution is 2.38. The summed E-state index contributed by atoms with van der Waals surface area (Å²) in [6, 6.07) is 0.207. The number of amides is 1. The minimum absolute atomic E-state index is 0.207. The normalized spacial score (nSPS) is 24.0. The molecule has 0 spiro atoms. The fraction of sp³-hybridized carbons (Fsp3) is 0.722. The van der Waals surface area contributed by atoms with Crippen LogP contribution < -0.4 is 4.90 Å². The van der Waals surface area contributed by atoms with Crippen molar-refractivity contribution in [2.75, 3.05) is 24.5 Å². The minimum atomic E-state index is -0.458. The number of hydrogen-bond acceptors (Lipinski definition) is 5. The van der Waals surface area contributed by atoms with Crippen LogP contribution in [0.5, 0.6) is 0 Å². The molecule has 2 heterocycles. The highest BCUT2D eigenvalue weighted by molar-refractivity contribution is 5.69. The van der Waals surface area contributed by atoms with E-state index in [9.17, 15) is 4.79 Å².